The molecule has 1 aliphatic rings. The van der Waals surface area contributed by atoms with E-state index in [2.05, 4.69) is 11.6 Å². The second-order valence-electron chi connectivity index (χ2n) is 6.08. The predicted molar refractivity (Wildman–Crippen MR) is 96.6 cm³/mol. The van der Waals surface area contributed by atoms with Gasteiger partial charge in [-0.15, -0.1) is 0 Å². The minimum atomic E-state index is -3.52. The van der Waals surface area contributed by atoms with Crippen molar-refractivity contribution in [2.24, 2.45) is 0 Å². The maximum atomic E-state index is 12.4. The number of rotatable bonds is 7. The monoisotopic (exact) mass is 369 g/mol. The van der Waals surface area contributed by atoms with Crippen molar-refractivity contribution in [3.8, 4) is 0 Å². The van der Waals surface area contributed by atoms with Gasteiger partial charge < -0.3 is 9.64 Å². The average Bonchev–Trinajstić information content (AvgIpc) is 2.62. The van der Waals surface area contributed by atoms with Gasteiger partial charge in [0.05, 0.1) is 6.61 Å². The van der Waals surface area contributed by atoms with Crippen LogP contribution >= 0.6 is 0 Å². The van der Waals surface area contributed by atoms with E-state index in [0.717, 1.165) is 6.42 Å². The Morgan fingerprint density at radius 2 is 1.84 bits per heavy atom. The quantitative estimate of drug-likeness (QED) is 0.795. The predicted octanol–water partition coefficient (Wildman–Crippen LogP) is 1.79. The van der Waals surface area contributed by atoms with Crippen molar-refractivity contribution in [1.82, 2.24) is 13.9 Å². The molecule has 1 N–H and O–H groups in total. The molecular weight excluding hydrogens is 342 g/mol. The number of amides is 1. The fraction of sp³-hybridized carbons (Fsp3) is 0.588. The van der Waals surface area contributed by atoms with Gasteiger partial charge in [0.15, 0.2) is 0 Å². The molecule has 1 atom stereocenters. The number of hydrogen-bond donors (Lipinski definition) is 1. The molecule has 1 aromatic carbocycles. The Morgan fingerprint density at radius 3 is 2.44 bits per heavy atom. The molecule has 0 bridgehead atoms. The SMILES string of the molecule is CCOC(=O)N1CCN(S(=O)(=O)NCCC(C)c2ccccc2)CC1. The number of benzene rings is 1. The van der Waals surface area contributed by atoms with E-state index in [1.165, 1.54) is 14.8 Å². The van der Waals surface area contributed by atoms with Gasteiger partial charge in [0, 0.05) is 32.7 Å². The highest BCUT2D eigenvalue weighted by molar-refractivity contribution is 7.87. The van der Waals surface area contributed by atoms with Gasteiger partial charge in [-0.1, -0.05) is 37.3 Å². The summed E-state index contributed by atoms with van der Waals surface area (Å²) in [7, 11) is -3.52. The Morgan fingerprint density at radius 1 is 1.20 bits per heavy atom. The third kappa shape index (κ3) is 5.69. The van der Waals surface area contributed by atoms with E-state index < -0.39 is 10.2 Å². The van der Waals surface area contributed by atoms with Crippen LogP contribution < -0.4 is 4.72 Å². The molecule has 0 aromatic heterocycles. The summed E-state index contributed by atoms with van der Waals surface area (Å²) in [5.74, 6) is 0.282. The highest BCUT2D eigenvalue weighted by Gasteiger charge is 2.29. The zero-order valence-electron chi connectivity index (χ0n) is 14.8. The van der Waals surface area contributed by atoms with Gasteiger partial charge in [-0.05, 0) is 24.8 Å². The van der Waals surface area contributed by atoms with E-state index in [1.807, 2.05) is 30.3 Å². The van der Waals surface area contributed by atoms with Crippen molar-refractivity contribution in [1.29, 1.82) is 0 Å². The Bertz CT molecular complexity index is 643. The van der Waals surface area contributed by atoms with Gasteiger partial charge in [-0.2, -0.15) is 12.7 Å². The molecule has 0 radical (unpaired) electrons. The zero-order chi connectivity index (χ0) is 18.3. The fourth-order valence-corrected chi connectivity index (χ4v) is 3.97. The zero-order valence-corrected chi connectivity index (χ0v) is 15.7. The maximum Gasteiger partial charge on any atom is 0.409 e. The third-order valence-corrected chi connectivity index (χ3v) is 5.95. The molecule has 2 rings (SSSR count). The lowest BCUT2D eigenvalue weighted by molar-refractivity contribution is 0.0932. The number of carbonyl (C=O) groups excluding carboxylic acids is 1. The molecule has 0 spiro atoms. The van der Waals surface area contributed by atoms with Crippen molar-refractivity contribution in [2.45, 2.75) is 26.2 Å². The molecule has 1 amide bonds. The Balaban J connectivity index is 1.77. The lowest BCUT2D eigenvalue weighted by Gasteiger charge is -2.33. The summed E-state index contributed by atoms with van der Waals surface area (Å²) in [6.45, 7) is 5.79. The molecule has 8 heteroatoms. The van der Waals surface area contributed by atoms with Crippen LogP contribution in [0.15, 0.2) is 30.3 Å². The molecule has 1 aromatic rings. The van der Waals surface area contributed by atoms with Crippen LogP contribution in [0.4, 0.5) is 4.79 Å². The lowest BCUT2D eigenvalue weighted by atomic mass is 9.98. The number of nitrogens with one attached hydrogen (secondary N) is 1. The second kappa shape index (κ2) is 9.17. The molecule has 1 aliphatic heterocycles. The molecule has 1 fully saturated rings. The smallest absolute Gasteiger partial charge is 0.409 e. The summed E-state index contributed by atoms with van der Waals surface area (Å²) in [6.07, 6.45) is 0.343. The van der Waals surface area contributed by atoms with Crippen LogP contribution in [0.5, 0.6) is 0 Å². The Kier molecular flexibility index (Phi) is 7.22. The molecule has 1 unspecified atom stereocenters. The first-order valence-electron chi connectivity index (χ1n) is 8.65. The van der Waals surface area contributed by atoms with Gasteiger partial charge in [0.2, 0.25) is 0 Å². The van der Waals surface area contributed by atoms with Gasteiger partial charge in [-0.3, -0.25) is 0 Å². The molecule has 140 valence electrons. The lowest BCUT2D eigenvalue weighted by Crippen LogP contribution is -2.53. The van der Waals surface area contributed by atoms with Gasteiger partial charge >= 0.3 is 6.09 Å². The molecule has 25 heavy (non-hydrogen) atoms. The topological polar surface area (TPSA) is 79.0 Å². The number of carbonyl (C=O) groups is 1. The van der Waals surface area contributed by atoms with Crippen LogP contribution in [0.25, 0.3) is 0 Å². The highest BCUT2D eigenvalue weighted by Crippen LogP contribution is 2.18. The van der Waals surface area contributed by atoms with Crippen molar-refractivity contribution >= 4 is 16.3 Å². The summed E-state index contributed by atoms with van der Waals surface area (Å²) in [6, 6.07) is 10.0. The first-order valence-corrected chi connectivity index (χ1v) is 10.1. The van der Waals surface area contributed by atoms with Gasteiger partial charge in [0.25, 0.3) is 10.2 Å². The van der Waals surface area contributed by atoms with Crippen molar-refractivity contribution < 1.29 is 17.9 Å². The minimum absolute atomic E-state index is 0.280. The van der Waals surface area contributed by atoms with Crippen LogP contribution in [0.1, 0.15) is 31.7 Å². The molecule has 1 heterocycles. The summed E-state index contributed by atoms with van der Waals surface area (Å²) in [5.41, 5.74) is 1.20. The third-order valence-electron chi connectivity index (χ3n) is 4.33. The number of ether oxygens (including phenoxy) is 1. The highest BCUT2D eigenvalue weighted by atomic mass is 32.2. The second-order valence-corrected chi connectivity index (χ2v) is 7.84. The summed E-state index contributed by atoms with van der Waals surface area (Å²) < 4.78 is 33.8. The van der Waals surface area contributed by atoms with Crippen molar-refractivity contribution in [3.05, 3.63) is 35.9 Å². The Hall–Kier alpha value is -1.64. The number of hydrogen-bond acceptors (Lipinski definition) is 4. The normalized spacial score (nSPS) is 17.3. The summed E-state index contributed by atoms with van der Waals surface area (Å²) >= 11 is 0. The summed E-state index contributed by atoms with van der Waals surface area (Å²) in [5, 5.41) is 0. The van der Waals surface area contributed by atoms with Crippen LogP contribution in [-0.2, 0) is 14.9 Å². The standard InChI is InChI=1S/C17H27N3O4S/c1-3-24-17(21)19-11-13-20(14-12-19)25(22,23)18-10-9-15(2)16-7-5-4-6-8-16/h4-8,15,18H,3,9-14H2,1-2H3. The minimum Gasteiger partial charge on any atom is -0.450 e. The molecule has 0 saturated carbocycles. The van der Waals surface area contributed by atoms with Crippen molar-refractivity contribution in [2.75, 3.05) is 39.3 Å². The molecular formula is C17H27N3O4S. The fourth-order valence-electron chi connectivity index (χ4n) is 2.77. The maximum absolute atomic E-state index is 12.4. The van der Waals surface area contributed by atoms with E-state index >= 15 is 0 Å². The van der Waals surface area contributed by atoms with Gasteiger partial charge in [-0.25, -0.2) is 9.52 Å². The molecule has 1 saturated heterocycles. The molecule has 0 aliphatic carbocycles. The van der Waals surface area contributed by atoms with Crippen LogP contribution in [-0.4, -0.2) is 63.0 Å². The molecule has 7 nitrogen and oxygen atoms in total. The largest absolute Gasteiger partial charge is 0.450 e. The van der Waals surface area contributed by atoms with Gasteiger partial charge in [0.1, 0.15) is 0 Å². The summed E-state index contributed by atoms with van der Waals surface area (Å²) in [4.78, 5) is 13.2. The van der Waals surface area contributed by atoms with E-state index in [9.17, 15) is 13.2 Å². The number of nitrogens with zero attached hydrogens (tertiary/aromatic N) is 2. The van der Waals surface area contributed by atoms with Crippen LogP contribution in [0.3, 0.4) is 0 Å². The Labute approximate surface area is 150 Å². The van der Waals surface area contributed by atoms with E-state index in [0.29, 0.717) is 26.2 Å². The first-order chi connectivity index (χ1) is 11.9. The van der Waals surface area contributed by atoms with Crippen LogP contribution in [0.2, 0.25) is 0 Å². The first kappa shape index (κ1) is 19.7. The van der Waals surface area contributed by atoms with E-state index in [-0.39, 0.29) is 25.1 Å². The average molecular weight is 369 g/mol. The van der Waals surface area contributed by atoms with E-state index in [4.69, 9.17) is 4.74 Å². The van der Waals surface area contributed by atoms with E-state index in [1.54, 1.807) is 6.92 Å². The van der Waals surface area contributed by atoms with Crippen molar-refractivity contribution in [3.63, 3.8) is 0 Å². The number of piperazine rings is 1. The van der Waals surface area contributed by atoms with Crippen LogP contribution in [0, 0.1) is 0 Å².